The molecule has 4 nitrogen and oxygen atoms in total. The van der Waals surface area contributed by atoms with Gasteiger partial charge in [-0.3, -0.25) is 4.79 Å². The van der Waals surface area contributed by atoms with Crippen molar-refractivity contribution in [1.82, 2.24) is 0 Å². The zero-order chi connectivity index (χ0) is 11.4. The second kappa shape index (κ2) is 4.65. The fourth-order valence-corrected chi connectivity index (χ4v) is 1.26. The molecule has 1 aromatic rings. The molecule has 5 heteroatoms. The SMILES string of the molecule is CC(=O)Oc1c(C=S)cccc1C(=O)O. The van der Waals surface area contributed by atoms with Crippen LogP contribution in [-0.4, -0.2) is 22.4 Å². The monoisotopic (exact) mass is 224 g/mol. The van der Waals surface area contributed by atoms with E-state index in [2.05, 4.69) is 0 Å². The summed E-state index contributed by atoms with van der Waals surface area (Å²) in [6.07, 6.45) is 0. The second-order valence-electron chi connectivity index (χ2n) is 2.74. The zero-order valence-electron chi connectivity index (χ0n) is 7.89. The van der Waals surface area contributed by atoms with Crippen LogP contribution in [-0.2, 0) is 4.79 Å². The molecule has 0 saturated carbocycles. The highest BCUT2D eigenvalue weighted by Gasteiger charge is 2.15. The summed E-state index contributed by atoms with van der Waals surface area (Å²) in [6, 6.07) is 4.47. The number of hydrogen-bond donors (Lipinski definition) is 1. The van der Waals surface area contributed by atoms with Gasteiger partial charge < -0.3 is 9.84 Å². The molecule has 0 amide bonds. The Balaban J connectivity index is 3.32. The van der Waals surface area contributed by atoms with E-state index in [1.807, 2.05) is 0 Å². The number of thiocarbonyl (C=S) groups is 1. The van der Waals surface area contributed by atoms with Gasteiger partial charge in [0.25, 0.3) is 0 Å². The lowest BCUT2D eigenvalue weighted by Crippen LogP contribution is -2.09. The van der Waals surface area contributed by atoms with Crippen LogP contribution in [0, 0.1) is 0 Å². The third-order valence-corrected chi connectivity index (χ3v) is 1.90. The molecule has 0 heterocycles. The van der Waals surface area contributed by atoms with E-state index < -0.39 is 11.9 Å². The van der Waals surface area contributed by atoms with E-state index in [9.17, 15) is 9.59 Å². The third kappa shape index (κ3) is 2.60. The van der Waals surface area contributed by atoms with Gasteiger partial charge in [-0.2, -0.15) is 0 Å². The number of rotatable bonds is 3. The number of ether oxygens (including phenoxy) is 1. The van der Waals surface area contributed by atoms with Crippen molar-refractivity contribution in [2.24, 2.45) is 0 Å². The Morgan fingerprint density at radius 1 is 1.47 bits per heavy atom. The molecule has 0 bridgehead atoms. The minimum atomic E-state index is -1.16. The van der Waals surface area contributed by atoms with Gasteiger partial charge in [0.05, 0.1) is 0 Å². The fourth-order valence-electron chi connectivity index (χ4n) is 1.07. The highest BCUT2D eigenvalue weighted by Crippen LogP contribution is 2.23. The first-order chi connectivity index (χ1) is 7.06. The van der Waals surface area contributed by atoms with Crippen molar-refractivity contribution < 1.29 is 19.4 Å². The topological polar surface area (TPSA) is 63.6 Å². The van der Waals surface area contributed by atoms with Crippen LogP contribution in [0.2, 0.25) is 0 Å². The number of para-hydroxylation sites is 1. The molecule has 15 heavy (non-hydrogen) atoms. The summed E-state index contributed by atoms with van der Waals surface area (Å²) in [7, 11) is 0. The predicted molar refractivity (Wildman–Crippen MR) is 57.5 cm³/mol. The van der Waals surface area contributed by atoms with Crippen LogP contribution in [0.15, 0.2) is 18.2 Å². The molecule has 0 radical (unpaired) electrons. The van der Waals surface area contributed by atoms with Crippen LogP contribution in [0.5, 0.6) is 5.75 Å². The molecule has 0 aromatic heterocycles. The number of aromatic carboxylic acids is 1. The average molecular weight is 224 g/mol. The Bertz CT molecular complexity index is 425. The van der Waals surface area contributed by atoms with Gasteiger partial charge in [0.2, 0.25) is 0 Å². The van der Waals surface area contributed by atoms with Crippen molar-refractivity contribution >= 4 is 29.5 Å². The van der Waals surface area contributed by atoms with E-state index in [0.717, 1.165) is 0 Å². The van der Waals surface area contributed by atoms with Crippen LogP contribution in [0.25, 0.3) is 0 Å². The first kappa shape index (κ1) is 11.3. The maximum absolute atomic E-state index is 10.8. The molecule has 1 rings (SSSR count). The minimum absolute atomic E-state index is 0.00694. The maximum Gasteiger partial charge on any atom is 0.339 e. The third-order valence-electron chi connectivity index (χ3n) is 1.65. The van der Waals surface area contributed by atoms with Gasteiger partial charge in [-0.25, -0.2) is 4.79 Å². The van der Waals surface area contributed by atoms with Crippen molar-refractivity contribution in [1.29, 1.82) is 0 Å². The van der Waals surface area contributed by atoms with Crippen molar-refractivity contribution in [3.05, 3.63) is 29.3 Å². The normalized spacial score (nSPS) is 9.40. The lowest BCUT2D eigenvalue weighted by atomic mass is 10.1. The van der Waals surface area contributed by atoms with Crippen LogP contribution in [0.3, 0.4) is 0 Å². The lowest BCUT2D eigenvalue weighted by molar-refractivity contribution is -0.131. The summed E-state index contributed by atoms with van der Waals surface area (Å²) in [5.74, 6) is -1.75. The Morgan fingerprint density at radius 2 is 2.13 bits per heavy atom. The Labute approximate surface area is 91.5 Å². The molecule has 0 atom stereocenters. The van der Waals surface area contributed by atoms with Gasteiger partial charge in [0.15, 0.2) is 5.75 Å². The first-order valence-corrected chi connectivity index (χ1v) is 4.53. The van der Waals surface area contributed by atoms with E-state index >= 15 is 0 Å². The van der Waals surface area contributed by atoms with E-state index in [1.54, 1.807) is 6.07 Å². The smallest absolute Gasteiger partial charge is 0.339 e. The standard InChI is InChI=1S/C10H8O4S/c1-6(11)14-9-7(5-15)3-2-4-8(9)10(12)13/h2-5H,1H3,(H,12,13). The molecular formula is C10H8O4S. The van der Waals surface area contributed by atoms with Crippen LogP contribution >= 0.6 is 12.2 Å². The number of carboxylic acid groups (broad SMARTS) is 1. The van der Waals surface area contributed by atoms with E-state index in [0.29, 0.717) is 5.56 Å². The number of benzene rings is 1. The molecule has 0 aliphatic rings. The maximum atomic E-state index is 10.8. The molecule has 0 aliphatic heterocycles. The quantitative estimate of drug-likeness (QED) is 0.480. The van der Waals surface area contributed by atoms with Crippen LogP contribution in [0.1, 0.15) is 22.8 Å². The van der Waals surface area contributed by atoms with Crippen molar-refractivity contribution in [2.75, 3.05) is 0 Å². The van der Waals surface area contributed by atoms with Crippen molar-refractivity contribution in [3.63, 3.8) is 0 Å². The summed E-state index contributed by atoms with van der Waals surface area (Å²) in [6.45, 7) is 1.20. The molecule has 0 fully saturated rings. The van der Waals surface area contributed by atoms with Gasteiger partial charge in [0, 0.05) is 17.9 Å². The number of hydrogen-bond acceptors (Lipinski definition) is 4. The Morgan fingerprint density at radius 3 is 2.60 bits per heavy atom. The van der Waals surface area contributed by atoms with E-state index in [-0.39, 0.29) is 11.3 Å². The van der Waals surface area contributed by atoms with Crippen molar-refractivity contribution in [3.8, 4) is 5.75 Å². The van der Waals surface area contributed by atoms with E-state index in [1.165, 1.54) is 24.4 Å². The molecule has 0 saturated heterocycles. The number of carboxylic acids is 1. The summed E-state index contributed by atoms with van der Waals surface area (Å²) in [4.78, 5) is 21.6. The first-order valence-electron chi connectivity index (χ1n) is 4.06. The molecule has 0 aliphatic carbocycles. The number of esters is 1. The Kier molecular flexibility index (Phi) is 3.51. The second-order valence-corrected chi connectivity index (χ2v) is 2.98. The van der Waals surface area contributed by atoms with Gasteiger partial charge in [-0.15, -0.1) is 0 Å². The van der Waals surface area contributed by atoms with Gasteiger partial charge in [-0.1, -0.05) is 24.4 Å². The van der Waals surface area contributed by atoms with Crippen molar-refractivity contribution in [2.45, 2.75) is 6.92 Å². The highest BCUT2D eigenvalue weighted by atomic mass is 32.1. The van der Waals surface area contributed by atoms with Gasteiger partial charge in [0.1, 0.15) is 5.56 Å². The molecular weight excluding hydrogens is 216 g/mol. The van der Waals surface area contributed by atoms with E-state index in [4.69, 9.17) is 22.1 Å². The highest BCUT2D eigenvalue weighted by molar-refractivity contribution is 7.79. The summed E-state index contributed by atoms with van der Waals surface area (Å²) < 4.78 is 4.81. The molecule has 1 N–H and O–H groups in total. The zero-order valence-corrected chi connectivity index (χ0v) is 8.71. The lowest BCUT2D eigenvalue weighted by Gasteiger charge is -2.07. The molecule has 78 valence electrons. The summed E-state index contributed by atoms with van der Waals surface area (Å²) in [5, 5.41) is 10.1. The number of carbonyl (C=O) groups is 2. The van der Waals surface area contributed by atoms with Crippen LogP contribution < -0.4 is 4.74 Å². The summed E-state index contributed by atoms with van der Waals surface area (Å²) >= 11 is 4.70. The van der Waals surface area contributed by atoms with Crippen LogP contribution in [0.4, 0.5) is 0 Å². The molecule has 0 spiro atoms. The molecule has 0 unspecified atom stereocenters. The predicted octanol–water partition coefficient (Wildman–Crippen LogP) is 1.66. The van der Waals surface area contributed by atoms with Gasteiger partial charge in [-0.05, 0) is 6.07 Å². The molecule has 1 aromatic carbocycles. The Hall–Kier alpha value is -1.75. The average Bonchev–Trinajstić information content (AvgIpc) is 2.16. The van der Waals surface area contributed by atoms with Gasteiger partial charge >= 0.3 is 11.9 Å². The minimum Gasteiger partial charge on any atom is -0.478 e. The number of carbonyl (C=O) groups excluding carboxylic acids is 1. The summed E-state index contributed by atoms with van der Waals surface area (Å²) in [5.41, 5.74) is 0.323. The largest absolute Gasteiger partial charge is 0.478 e. The fraction of sp³-hybridized carbons (Fsp3) is 0.100.